The molecule has 17 heavy (non-hydrogen) atoms. The molecule has 1 heterocycles. The van der Waals surface area contributed by atoms with Gasteiger partial charge in [0.15, 0.2) is 0 Å². The number of aliphatic hydroxyl groups is 1. The second-order valence-corrected chi connectivity index (χ2v) is 6.73. The van der Waals surface area contributed by atoms with E-state index >= 15 is 0 Å². The van der Waals surface area contributed by atoms with Crippen LogP contribution in [0, 0.1) is 5.41 Å². The predicted octanol–water partition coefficient (Wildman–Crippen LogP) is 3.68. The molecule has 5 heteroatoms. The number of aromatic nitrogens is 2. The van der Waals surface area contributed by atoms with Crippen molar-refractivity contribution in [2.45, 2.75) is 39.3 Å². The summed E-state index contributed by atoms with van der Waals surface area (Å²) in [6, 6.07) is 0. The Morgan fingerprint density at radius 1 is 1.47 bits per heavy atom. The Balaban J connectivity index is 2.94. The van der Waals surface area contributed by atoms with Crippen molar-refractivity contribution in [1.29, 1.82) is 0 Å². The number of hydrogen-bond acceptors (Lipinski definition) is 2. The summed E-state index contributed by atoms with van der Waals surface area (Å²) in [5, 5.41) is 10.9. The van der Waals surface area contributed by atoms with Crippen LogP contribution in [-0.2, 0) is 6.54 Å². The zero-order chi connectivity index (χ0) is 13.1. The molecule has 96 valence electrons. The molecular formula is C12H18Br2N2O. The molecule has 1 atom stereocenters. The summed E-state index contributed by atoms with van der Waals surface area (Å²) < 4.78 is 2.84. The normalized spacial score (nSPS) is 16.9. The van der Waals surface area contributed by atoms with Gasteiger partial charge in [-0.15, -0.1) is 0 Å². The van der Waals surface area contributed by atoms with Gasteiger partial charge in [-0.1, -0.05) is 52.6 Å². The van der Waals surface area contributed by atoms with E-state index in [2.05, 4.69) is 36.8 Å². The minimum absolute atomic E-state index is 0.230. The Labute approximate surface area is 119 Å². The maximum absolute atomic E-state index is 10.9. The zero-order valence-corrected chi connectivity index (χ0v) is 13.5. The quantitative estimate of drug-likeness (QED) is 0.883. The number of rotatable bonds is 4. The van der Waals surface area contributed by atoms with Gasteiger partial charge < -0.3 is 9.67 Å². The summed E-state index contributed by atoms with van der Waals surface area (Å²) in [6.45, 7) is 6.64. The number of nitrogens with zero attached hydrogens (tertiary/aromatic N) is 2. The molecule has 0 amide bonds. The lowest BCUT2D eigenvalue weighted by atomic mass is 9.74. The van der Waals surface area contributed by atoms with E-state index in [-0.39, 0.29) is 5.41 Å². The van der Waals surface area contributed by atoms with Crippen LogP contribution in [0.25, 0.3) is 0 Å². The van der Waals surface area contributed by atoms with Gasteiger partial charge in [0.1, 0.15) is 0 Å². The van der Waals surface area contributed by atoms with Gasteiger partial charge in [-0.3, -0.25) is 0 Å². The average molecular weight is 366 g/mol. The van der Waals surface area contributed by atoms with Gasteiger partial charge in [0.05, 0.1) is 18.5 Å². The minimum Gasteiger partial charge on any atom is -0.387 e. The minimum atomic E-state index is -0.837. The van der Waals surface area contributed by atoms with Crippen molar-refractivity contribution in [3.63, 3.8) is 0 Å². The molecule has 1 unspecified atom stereocenters. The molecule has 0 saturated heterocycles. The van der Waals surface area contributed by atoms with Crippen molar-refractivity contribution in [3.05, 3.63) is 28.2 Å². The van der Waals surface area contributed by atoms with Crippen LogP contribution >= 0.6 is 31.9 Å². The molecule has 1 aromatic rings. The first-order chi connectivity index (χ1) is 7.78. The van der Waals surface area contributed by atoms with Gasteiger partial charge in [0.2, 0.25) is 0 Å². The van der Waals surface area contributed by atoms with Gasteiger partial charge in [-0.2, -0.15) is 0 Å². The lowest BCUT2D eigenvalue weighted by Gasteiger charge is -2.40. The predicted molar refractivity (Wildman–Crippen MR) is 77.2 cm³/mol. The van der Waals surface area contributed by atoms with Crippen LogP contribution in [0.3, 0.4) is 0 Å². The van der Waals surface area contributed by atoms with Crippen LogP contribution in [0.2, 0.25) is 0 Å². The molecule has 0 spiro atoms. The third-order valence-corrected chi connectivity index (χ3v) is 4.66. The van der Waals surface area contributed by atoms with E-state index in [0.717, 1.165) is 4.48 Å². The van der Waals surface area contributed by atoms with Crippen LogP contribution in [0.4, 0.5) is 0 Å². The van der Waals surface area contributed by atoms with Crippen LogP contribution in [0.5, 0.6) is 0 Å². The number of halogens is 2. The van der Waals surface area contributed by atoms with E-state index in [1.54, 1.807) is 17.5 Å². The summed E-state index contributed by atoms with van der Waals surface area (Å²) in [5.74, 6) is 0. The second-order valence-electron chi connectivity index (χ2n) is 5.25. The lowest BCUT2D eigenvalue weighted by Crippen LogP contribution is -2.46. The Morgan fingerprint density at radius 3 is 2.53 bits per heavy atom. The fraction of sp³-hybridized carbons (Fsp3) is 0.583. The molecule has 1 rings (SSSR count). The first-order valence-electron chi connectivity index (χ1n) is 5.41. The maximum Gasteiger partial charge on any atom is 0.0946 e. The Bertz CT molecular complexity index is 382. The molecule has 3 nitrogen and oxygen atoms in total. The number of imidazole rings is 1. The van der Waals surface area contributed by atoms with Crippen molar-refractivity contribution in [3.8, 4) is 0 Å². The first kappa shape index (κ1) is 14.9. The van der Waals surface area contributed by atoms with Crippen molar-refractivity contribution in [2.24, 2.45) is 5.41 Å². The monoisotopic (exact) mass is 364 g/mol. The third kappa shape index (κ3) is 3.93. The van der Waals surface area contributed by atoms with Gasteiger partial charge in [0.25, 0.3) is 0 Å². The van der Waals surface area contributed by atoms with Crippen molar-refractivity contribution in [2.75, 3.05) is 0 Å². The van der Waals surface area contributed by atoms with E-state index in [9.17, 15) is 5.11 Å². The summed E-state index contributed by atoms with van der Waals surface area (Å²) >= 11 is 6.71. The van der Waals surface area contributed by atoms with Gasteiger partial charge in [-0.05, 0) is 10.4 Å². The Morgan fingerprint density at radius 2 is 2.12 bits per heavy atom. The summed E-state index contributed by atoms with van der Waals surface area (Å²) in [5.41, 5.74) is -1.07. The molecule has 0 bridgehead atoms. The first-order valence-corrected chi connectivity index (χ1v) is 7.12. The summed E-state index contributed by atoms with van der Waals surface area (Å²) in [4.78, 5) is 5.79. The largest absolute Gasteiger partial charge is 0.387 e. The van der Waals surface area contributed by atoms with Gasteiger partial charge >= 0.3 is 0 Å². The molecule has 0 radical (unpaired) electrons. The van der Waals surface area contributed by atoms with Crippen LogP contribution in [-0.4, -0.2) is 20.3 Å². The topological polar surface area (TPSA) is 38.0 Å². The standard InChI is InChI=1S/C12H18Br2N2O/c1-11(2,3)12(17,6-10(14)7-13)8-16-5-4-15-9-16/h4-5,7,9,17H,6,8H2,1-3H3. The van der Waals surface area contributed by atoms with Crippen molar-refractivity contribution >= 4 is 31.9 Å². The lowest BCUT2D eigenvalue weighted by molar-refractivity contribution is -0.0691. The van der Waals surface area contributed by atoms with E-state index in [4.69, 9.17) is 0 Å². The van der Waals surface area contributed by atoms with E-state index in [0.29, 0.717) is 13.0 Å². The average Bonchev–Trinajstić information content (AvgIpc) is 2.68. The molecule has 1 N–H and O–H groups in total. The highest BCUT2D eigenvalue weighted by atomic mass is 79.9. The molecular weight excluding hydrogens is 348 g/mol. The fourth-order valence-corrected chi connectivity index (χ4v) is 2.18. The molecule has 0 aromatic carbocycles. The van der Waals surface area contributed by atoms with Crippen molar-refractivity contribution < 1.29 is 5.11 Å². The fourth-order valence-electron chi connectivity index (χ4n) is 1.56. The third-order valence-electron chi connectivity index (χ3n) is 2.98. The molecule has 0 aliphatic rings. The van der Waals surface area contributed by atoms with Crippen LogP contribution in [0.1, 0.15) is 27.2 Å². The molecule has 0 aliphatic heterocycles. The molecule has 0 saturated carbocycles. The highest BCUT2D eigenvalue weighted by Gasteiger charge is 2.40. The molecule has 0 fully saturated rings. The Hall–Kier alpha value is -0.130. The zero-order valence-electron chi connectivity index (χ0n) is 10.3. The highest BCUT2D eigenvalue weighted by molar-refractivity contribution is 9.14. The summed E-state index contributed by atoms with van der Waals surface area (Å²) in [6.07, 6.45) is 5.86. The van der Waals surface area contributed by atoms with Crippen LogP contribution < -0.4 is 0 Å². The molecule has 1 aromatic heterocycles. The van der Waals surface area contributed by atoms with E-state index < -0.39 is 5.60 Å². The van der Waals surface area contributed by atoms with Gasteiger partial charge in [-0.25, -0.2) is 4.98 Å². The highest BCUT2D eigenvalue weighted by Crippen LogP contribution is 2.38. The van der Waals surface area contributed by atoms with Gasteiger partial charge in [0, 0.05) is 23.3 Å². The SMILES string of the molecule is CC(C)(C)C(O)(CC(Br)=CBr)Cn1ccnc1. The maximum atomic E-state index is 10.9. The smallest absolute Gasteiger partial charge is 0.0946 e. The number of hydrogen-bond donors (Lipinski definition) is 1. The van der Waals surface area contributed by atoms with E-state index in [1.165, 1.54) is 0 Å². The second kappa shape index (κ2) is 5.67. The molecule has 0 aliphatic carbocycles. The Kier molecular flexibility index (Phi) is 4.98. The van der Waals surface area contributed by atoms with Crippen LogP contribution in [0.15, 0.2) is 28.2 Å². The van der Waals surface area contributed by atoms with Crippen molar-refractivity contribution in [1.82, 2.24) is 9.55 Å². The summed E-state index contributed by atoms with van der Waals surface area (Å²) in [7, 11) is 0. The van der Waals surface area contributed by atoms with E-state index in [1.807, 2.05) is 31.5 Å².